The van der Waals surface area contributed by atoms with Crippen molar-refractivity contribution in [2.24, 2.45) is 33.5 Å². The van der Waals surface area contributed by atoms with Crippen molar-refractivity contribution < 1.29 is 34.0 Å². The third-order valence-electron chi connectivity index (χ3n) is 14.4. The Morgan fingerprint density at radius 2 is 1.59 bits per heavy atom. The molecular formula is C43H55NO7. The largest absolute Gasteiger partial charge is 0.493 e. The van der Waals surface area contributed by atoms with Crippen molar-refractivity contribution in [2.45, 2.75) is 83.3 Å². The van der Waals surface area contributed by atoms with Gasteiger partial charge in [0.05, 0.1) is 32.3 Å². The molecule has 2 aromatic carbocycles. The Labute approximate surface area is 302 Å². The van der Waals surface area contributed by atoms with Crippen LogP contribution < -0.4 is 9.47 Å². The molecule has 8 heteroatoms. The monoisotopic (exact) mass is 697 g/mol. The van der Waals surface area contributed by atoms with Crippen LogP contribution in [0.2, 0.25) is 0 Å². The van der Waals surface area contributed by atoms with Gasteiger partial charge in [0, 0.05) is 54.2 Å². The second kappa shape index (κ2) is 13.2. The average Bonchev–Trinajstić information content (AvgIpc) is 3.41. The molecule has 6 aliphatic rings. The van der Waals surface area contributed by atoms with E-state index in [-0.39, 0.29) is 47.3 Å². The zero-order chi connectivity index (χ0) is 36.2. The van der Waals surface area contributed by atoms with Crippen LogP contribution in [0.3, 0.4) is 0 Å². The third kappa shape index (κ3) is 5.42. The quantitative estimate of drug-likeness (QED) is 0.147. The number of methoxy groups -OCH3 is 3. The summed E-state index contributed by atoms with van der Waals surface area (Å²) >= 11 is 0. The zero-order valence-electron chi connectivity index (χ0n) is 31.0. The highest BCUT2D eigenvalue weighted by Gasteiger charge is 2.74. The Morgan fingerprint density at radius 3 is 2.31 bits per heavy atom. The van der Waals surface area contributed by atoms with E-state index in [1.807, 2.05) is 53.4 Å². The Hall–Kier alpha value is -3.46. The zero-order valence-corrected chi connectivity index (χ0v) is 31.0. The van der Waals surface area contributed by atoms with Gasteiger partial charge in [0.15, 0.2) is 17.3 Å². The van der Waals surface area contributed by atoms with E-state index in [0.717, 1.165) is 43.2 Å². The Bertz CT molecular complexity index is 1720. The molecule has 8 atom stereocenters. The first kappa shape index (κ1) is 35.9. The standard InChI is InChI=1S/C43H55NO7/c1-39-17-14-31(45)26-41(39)20-21-43(32(27-41)38(47)30-10-7-6-8-11-30)35(39)15-18-40(2)36(43)16-19-42(40,48)28-44(22-9-23-49-3)37(46)25-29-12-13-33(50-4)34(24-29)51-5/h6-8,10-13,20-21,24,27,31,35-36,45,48H,9,14-19,22-23,25-26,28H2,1-5H3. The van der Waals surface area contributed by atoms with Gasteiger partial charge in [-0.15, -0.1) is 0 Å². The van der Waals surface area contributed by atoms with Gasteiger partial charge in [-0.2, -0.15) is 0 Å². The molecule has 2 N–H and O–H groups in total. The number of fused-ring (bicyclic) bond motifs is 1. The lowest BCUT2D eigenvalue weighted by molar-refractivity contribution is -0.178. The number of carbonyl (C=O) groups is 2. The number of rotatable bonds is 12. The minimum Gasteiger partial charge on any atom is -0.493 e. The summed E-state index contributed by atoms with van der Waals surface area (Å²) in [4.78, 5) is 30.7. The number of allylic oxidation sites excluding steroid dienone is 4. The SMILES string of the molecule is COCCCN(CC1(O)CCC2C34C=CC5(C=C3C(=O)c3ccccc3)CC(O)CCC5(C)C4CCC21C)C(=O)Cc1ccc(OC)c(OC)c1. The summed E-state index contributed by atoms with van der Waals surface area (Å²) in [6, 6.07) is 15.1. The molecule has 8 rings (SSSR count). The van der Waals surface area contributed by atoms with Crippen LogP contribution in [0.1, 0.15) is 81.1 Å². The van der Waals surface area contributed by atoms with Gasteiger partial charge in [-0.05, 0) is 86.3 Å². The Kier molecular flexibility index (Phi) is 9.29. The number of amides is 1. The van der Waals surface area contributed by atoms with E-state index < -0.39 is 22.5 Å². The number of carbonyl (C=O) groups excluding carboxylic acids is 2. The van der Waals surface area contributed by atoms with E-state index in [2.05, 4.69) is 32.1 Å². The Balaban J connectivity index is 1.25. The van der Waals surface area contributed by atoms with Crippen LogP contribution in [0.4, 0.5) is 0 Å². The Morgan fingerprint density at radius 1 is 0.882 bits per heavy atom. The molecule has 3 saturated carbocycles. The summed E-state index contributed by atoms with van der Waals surface area (Å²) in [5, 5.41) is 24.0. The van der Waals surface area contributed by atoms with Crippen molar-refractivity contribution in [3.8, 4) is 11.5 Å². The van der Waals surface area contributed by atoms with Gasteiger partial charge < -0.3 is 29.3 Å². The van der Waals surface area contributed by atoms with Crippen LogP contribution in [-0.4, -0.2) is 79.5 Å². The van der Waals surface area contributed by atoms with Crippen molar-refractivity contribution in [1.29, 1.82) is 0 Å². The molecule has 8 nitrogen and oxygen atoms in total. The van der Waals surface area contributed by atoms with Gasteiger partial charge in [0.1, 0.15) is 0 Å². The molecule has 2 spiro atoms. The fraction of sp³-hybridized carbons (Fsp3) is 0.581. The molecule has 6 aliphatic carbocycles. The molecule has 0 aliphatic heterocycles. The van der Waals surface area contributed by atoms with Crippen LogP contribution in [-0.2, 0) is 16.0 Å². The van der Waals surface area contributed by atoms with Crippen LogP contribution >= 0.6 is 0 Å². The fourth-order valence-corrected chi connectivity index (χ4v) is 11.6. The number of hydrogen-bond acceptors (Lipinski definition) is 7. The lowest BCUT2D eigenvalue weighted by Gasteiger charge is -2.71. The minimum atomic E-state index is -1.15. The highest BCUT2D eigenvalue weighted by atomic mass is 16.5. The molecule has 0 saturated heterocycles. The molecule has 0 radical (unpaired) electrons. The number of benzene rings is 2. The summed E-state index contributed by atoms with van der Waals surface area (Å²) in [5.74, 6) is 1.39. The molecule has 0 aromatic heterocycles. The normalized spacial score (nSPS) is 36.1. The first-order valence-electron chi connectivity index (χ1n) is 18.8. The molecule has 274 valence electrons. The lowest BCUT2D eigenvalue weighted by Crippen LogP contribution is -2.67. The number of nitrogens with zero attached hydrogens (tertiary/aromatic N) is 1. The van der Waals surface area contributed by atoms with E-state index in [9.17, 15) is 19.8 Å². The number of Topliss-reactive ketones (excluding diaryl/α,β-unsaturated/α-hetero) is 1. The molecule has 1 amide bonds. The van der Waals surface area contributed by atoms with Crippen LogP contribution in [0.25, 0.3) is 0 Å². The lowest BCUT2D eigenvalue weighted by atomic mass is 9.32. The highest BCUT2D eigenvalue weighted by Crippen LogP contribution is 2.78. The number of ketones is 1. The van der Waals surface area contributed by atoms with E-state index in [1.54, 1.807) is 21.3 Å². The number of aliphatic hydroxyl groups excluding tert-OH is 1. The van der Waals surface area contributed by atoms with Gasteiger partial charge in [-0.3, -0.25) is 9.59 Å². The molecular weight excluding hydrogens is 642 g/mol. The molecule has 2 aromatic rings. The topological polar surface area (TPSA) is 106 Å². The summed E-state index contributed by atoms with van der Waals surface area (Å²) in [7, 11) is 4.84. The highest BCUT2D eigenvalue weighted by molar-refractivity contribution is 6.10. The predicted octanol–water partition coefficient (Wildman–Crippen LogP) is 6.59. The smallest absolute Gasteiger partial charge is 0.227 e. The van der Waals surface area contributed by atoms with Gasteiger partial charge in [0.25, 0.3) is 0 Å². The van der Waals surface area contributed by atoms with Gasteiger partial charge in [-0.25, -0.2) is 0 Å². The minimum absolute atomic E-state index is 0.00710. The second-order valence-corrected chi connectivity index (χ2v) is 16.5. The maximum Gasteiger partial charge on any atom is 0.227 e. The molecule has 2 bridgehead atoms. The number of hydrogen-bond donors (Lipinski definition) is 2. The fourth-order valence-electron chi connectivity index (χ4n) is 11.6. The van der Waals surface area contributed by atoms with E-state index in [1.165, 1.54) is 0 Å². The first-order valence-corrected chi connectivity index (χ1v) is 18.8. The first-order chi connectivity index (χ1) is 24.4. The van der Waals surface area contributed by atoms with Crippen molar-refractivity contribution in [2.75, 3.05) is 41.0 Å². The molecule has 3 fully saturated rings. The predicted molar refractivity (Wildman–Crippen MR) is 196 cm³/mol. The molecule has 51 heavy (non-hydrogen) atoms. The second-order valence-electron chi connectivity index (χ2n) is 16.5. The number of aliphatic hydroxyl groups is 2. The molecule has 0 heterocycles. The van der Waals surface area contributed by atoms with Gasteiger partial charge in [-0.1, -0.05) is 68.5 Å². The average molecular weight is 698 g/mol. The van der Waals surface area contributed by atoms with Gasteiger partial charge >= 0.3 is 0 Å². The summed E-state index contributed by atoms with van der Waals surface area (Å²) in [6.07, 6.45) is 12.7. The maximum absolute atomic E-state index is 14.7. The number of ether oxygens (including phenoxy) is 3. The van der Waals surface area contributed by atoms with Crippen molar-refractivity contribution >= 4 is 11.7 Å². The van der Waals surface area contributed by atoms with E-state index >= 15 is 0 Å². The van der Waals surface area contributed by atoms with Crippen molar-refractivity contribution in [3.63, 3.8) is 0 Å². The van der Waals surface area contributed by atoms with Crippen LogP contribution in [0.5, 0.6) is 11.5 Å². The summed E-state index contributed by atoms with van der Waals surface area (Å²) < 4.78 is 16.3. The van der Waals surface area contributed by atoms with E-state index in [4.69, 9.17) is 14.2 Å². The van der Waals surface area contributed by atoms with Gasteiger partial charge in [0.2, 0.25) is 5.91 Å². The molecule has 8 unspecified atom stereocenters. The maximum atomic E-state index is 14.7. The summed E-state index contributed by atoms with van der Waals surface area (Å²) in [5.41, 5.74) is -0.397. The van der Waals surface area contributed by atoms with E-state index in [0.29, 0.717) is 49.5 Å². The van der Waals surface area contributed by atoms with Crippen molar-refractivity contribution in [3.05, 3.63) is 83.5 Å². The van der Waals surface area contributed by atoms with Crippen LogP contribution in [0.15, 0.2) is 72.3 Å². The third-order valence-corrected chi connectivity index (χ3v) is 14.4. The summed E-state index contributed by atoms with van der Waals surface area (Å²) in [6.45, 7) is 5.83. The van der Waals surface area contributed by atoms with Crippen molar-refractivity contribution in [1.82, 2.24) is 4.90 Å². The van der Waals surface area contributed by atoms with Crippen LogP contribution in [0, 0.1) is 33.5 Å².